The molecule has 0 aliphatic rings. The fourth-order valence-electron chi connectivity index (χ4n) is 1.82. The van der Waals surface area contributed by atoms with Crippen molar-refractivity contribution in [3.05, 3.63) is 51.0 Å². The maximum Gasteiger partial charge on any atom is 0.261 e. The van der Waals surface area contributed by atoms with E-state index in [1.165, 1.54) is 18.2 Å². The van der Waals surface area contributed by atoms with Crippen LogP contribution >= 0.6 is 27.5 Å². The van der Waals surface area contributed by atoms with E-state index < -0.39 is 10.0 Å². The smallest absolute Gasteiger partial charge is 0.261 e. The van der Waals surface area contributed by atoms with Crippen molar-refractivity contribution in [2.45, 2.75) is 18.7 Å². The van der Waals surface area contributed by atoms with Gasteiger partial charge in [0.25, 0.3) is 10.0 Å². The zero-order valence-corrected chi connectivity index (χ0v) is 14.6. The molecule has 0 unspecified atom stereocenters. The molecule has 0 aliphatic heterocycles. The first-order valence-electron chi connectivity index (χ1n) is 6.06. The average Bonchev–Trinajstić information content (AvgIpc) is 2.42. The minimum absolute atomic E-state index is 0.123. The molecule has 0 aliphatic carbocycles. The zero-order chi connectivity index (χ0) is 15.8. The van der Waals surface area contributed by atoms with Gasteiger partial charge in [-0.2, -0.15) is 0 Å². The molecule has 0 heterocycles. The van der Waals surface area contributed by atoms with Gasteiger partial charge in [-0.15, -0.1) is 0 Å². The zero-order valence-electron chi connectivity index (χ0n) is 11.4. The van der Waals surface area contributed by atoms with Gasteiger partial charge in [-0.05, 0) is 65.2 Å². The van der Waals surface area contributed by atoms with E-state index in [0.717, 1.165) is 5.56 Å². The third-order valence-corrected chi connectivity index (χ3v) is 5.76. The first-order valence-corrected chi connectivity index (χ1v) is 8.71. The summed E-state index contributed by atoms with van der Waals surface area (Å²) in [5, 5.41) is 0.449. The van der Waals surface area contributed by atoms with Crippen LogP contribution in [0.1, 0.15) is 11.1 Å². The monoisotopic (exact) mass is 388 g/mol. The summed E-state index contributed by atoms with van der Waals surface area (Å²) in [6.07, 6.45) is 0. The number of aryl methyl sites for hydroxylation is 1. The van der Waals surface area contributed by atoms with Crippen molar-refractivity contribution in [2.24, 2.45) is 0 Å². The van der Waals surface area contributed by atoms with Crippen molar-refractivity contribution < 1.29 is 8.42 Å². The Morgan fingerprint density at radius 3 is 2.48 bits per heavy atom. The predicted octanol–water partition coefficient (Wildman–Crippen LogP) is 4.10. The summed E-state index contributed by atoms with van der Waals surface area (Å²) in [5.41, 5.74) is 8.57. The van der Waals surface area contributed by atoms with Crippen LogP contribution in [0.25, 0.3) is 0 Å². The van der Waals surface area contributed by atoms with Gasteiger partial charge in [-0.25, -0.2) is 8.42 Å². The van der Waals surface area contributed by atoms with Gasteiger partial charge in [0, 0.05) is 10.2 Å². The normalized spacial score (nSPS) is 11.4. The van der Waals surface area contributed by atoms with E-state index >= 15 is 0 Å². The first kappa shape index (κ1) is 16.1. The van der Waals surface area contributed by atoms with Crippen LogP contribution in [0.2, 0.25) is 5.02 Å². The highest BCUT2D eigenvalue weighted by Crippen LogP contribution is 2.29. The third-order valence-electron chi connectivity index (χ3n) is 3.18. The molecule has 3 N–H and O–H groups in total. The highest BCUT2D eigenvalue weighted by atomic mass is 79.9. The maximum atomic E-state index is 12.4. The summed E-state index contributed by atoms with van der Waals surface area (Å²) in [6.45, 7) is 3.65. The lowest BCUT2D eigenvalue weighted by Gasteiger charge is -2.14. The van der Waals surface area contributed by atoms with Crippen molar-refractivity contribution in [3.63, 3.8) is 0 Å². The van der Waals surface area contributed by atoms with E-state index in [0.29, 0.717) is 26.4 Å². The van der Waals surface area contributed by atoms with Gasteiger partial charge in [-0.3, -0.25) is 4.72 Å². The molecular weight excluding hydrogens is 376 g/mol. The Kier molecular flexibility index (Phi) is 4.51. The summed E-state index contributed by atoms with van der Waals surface area (Å²) in [5.74, 6) is 0. The van der Waals surface area contributed by atoms with Crippen molar-refractivity contribution >= 4 is 48.9 Å². The van der Waals surface area contributed by atoms with Gasteiger partial charge in [0.15, 0.2) is 0 Å². The topological polar surface area (TPSA) is 72.2 Å². The number of nitrogens with two attached hydrogens (primary N) is 1. The number of anilines is 2. The lowest BCUT2D eigenvalue weighted by atomic mass is 10.1. The molecule has 7 heteroatoms. The molecule has 0 aromatic heterocycles. The molecule has 0 amide bonds. The quantitative estimate of drug-likeness (QED) is 0.776. The standard InChI is InChI=1S/C14H14BrClN2O2S/c1-8-3-6-13(9(2)14(8)17)18-21(19,20)10-4-5-12(16)11(15)7-10/h3-7,18H,17H2,1-2H3. The number of benzene rings is 2. The number of sulfonamides is 1. The molecule has 0 saturated carbocycles. The van der Waals surface area contributed by atoms with Gasteiger partial charge in [0.1, 0.15) is 0 Å². The van der Waals surface area contributed by atoms with E-state index in [2.05, 4.69) is 20.7 Å². The van der Waals surface area contributed by atoms with Crippen LogP contribution in [0.5, 0.6) is 0 Å². The van der Waals surface area contributed by atoms with Crippen LogP contribution in [-0.4, -0.2) is 8.42 Å². The number of hydrogen-bond acceptors (Lipinski definition) is 3. The van der Waals surface area contributed by atoms with Gasteiger partial charge in [0.2, 0.25) is 0 Å². The molecule has 0 spiro atoms. The molecular formula is C14H14BrClN2O2S. The minimum atomic E-state index is -3.70. The van der Waals surface area contributed by atoms with Gasteiger partial charge in [0.05, 0.1) is 15.6 Å². The molecule has 0 fully saturated rings. The van der Waals surface area contributed by atoms with Crippen LogP contribution in [0.3, 0.4) is 0 Å². The van der Waals surface area contributed by atoms with Crippen LogP contribution < -0.4 is 10.5 Å². The van der Waals surface area contributed by atoms with Crippen LogP contribution in [-0.2, 0) is 10.0 Å². The number of rotatable bonds is 3. The van der Waals surface area contributed by atoms with Crippen LogP contribution in [0.15, 0.2) is 39.7 Å². The molecule has 2 aromatic carbocycles. The largest absolute Gasteiger partial charge is 0.398 e. The number of nitrogen functional groups attached to an aromatic ring is 1. The second-order valence-corrected chi connectivity index (χ2v) is 7.59. The predicted molar refractivity (Wildman–Crippen MR) is 90.3 cm³/mol. The highest BCUT2D eigenvalue weighted by molar-refractivity contribution is 9.10. The Morgan fingerprint density at radius 2 is 1.86 bits per heavy atom. The molecule has 0 atom stereocenters. The van der Waals surface area contributed by atoms with E-state index in [-0.39, 0.29) is 4.90 Å². The highest BCUT2D eigenvalue weighted by Gasteiger charge is 2.17. The molecule has 0 saturated heterocycles. The fraction of sp³-hybridized carbons (Fsp3) is 0.143. The minimum Gasteiger partial charge on any atom is -0.398 e. The van der Waals surface area contributed by atoms with Crippen LogP contribution in [0.4, 0.5) is 11.4 Å². The fourth-order valence-corrected chi connectivity index (χ4v) is 3.62. The Bertz CT molecular complexity index is 807. The van der Waals surface area contributed by atoms with Crippen LogP contribution in [0, 0.1) is 13.8 Å². The Morgan fingerprint density at radius 1 is 1.19 bits per heavy atom. The molecule has 21 heavy (non-hydrogen) atoms. The van der Waals surface area contributed by atoms with Crippen molar-refractivity contribution in [2.75, 3.05) is 10.5 Å². The first-order chi connectivity index (χ1) is 9.72. The van der Waals surface area contributed by atoms with Crippen molar-refractivity contribution in [1.82, 2.24) is 0 Å². The van der Waals surface area contributed by atoms with Gasteiger partial charge < -0.3 is 5.73 Å². The summed E-state index contributed by atoms with van der Waals surface area (Å²) in [7, 11) is -3.70. The number of halogens is 2. The second kappa shape index (κ2) is 5.87. The molecule has 0 radical (unpaired) electrons. The summed E-state index contributed by atoms with van der Waals surface area (Å²) in [4.78, 5) is 0.123. The van der Waals surface area contributed by atoms with Crippen molar-refractivity contribution in [1.29, 1.82) is 0 Å². The summed E-state index contributed by atoms with van der Waals surface area (Å²) >= 11 is 9.09. The summed E-state index contributed by atoms with van der Waals surface area (Å²) in [6, 6.07) is 7.90. The molecule has 2 aromatic rings. The number of nitrogens with one attached hydrogen (secondary N) is 1. The Balaban J connectivity index is 2.42. The van der Waals surface area contributed by atoms with E-state index in [1.54, 1.807) is 19.1 Å². The Hall–Kier alpha value is -1.24. The average molecular weight is 390 g/mol. The van der Waals surface area contributed by atoms with Crippen molar-refractivity contribution in [3.8, 4) is 0 Å². The van der Waals surface area contributed by atoms with E-state index in [9.17, 15) is 8.42 Å². The SMILES string of the molecule is Cc1ccc(NS(=O)(=O)c2ccc(Cl)c(Br)c2)c(C)c1N. The third kappa shape index (κ3) is 3.33. The number of hydrogen-bond donors (Lipinski definition) is 2. The maximum absolute atomic E-state index is 12.4. The Labute approximate surface area is 137 Å². The van der Waals surface area contributed by atoms with E-state index in [4.69, 9.17) is 17.3 Å². The van der Waals surface area contributed by atoms with Gasteiger partial charge >= 0.3 is 0 Å². The lowest BCUT2D eigenvalue weighted by Crippen LogP contribution is -2.14. The molecule has 4 nitrogen and oxygen atoms in total. The lowest BCUT2D eigenvalue weighted by molar-refractivity contribution is 0.601. The second-order valence-electron chi connectivity index (χ2n) is 4.65. The molecule has 0 bridgehead atoms. The van der Waals surface area contributed by atoms with E-state index in [1.807, 2.05) is 6.92 Å². The molecule has 112 valence electrons. The molecule has 2 rings (SSSR count). The summed E-state index contributed by atoms with van der Waals surface area (Å²) < 4.78 is 27.9. The van der Waals surface area contributed by atoms with Gasteiger partial charge in [-0.1, -0.05) is 17.7 Å².